The lowest BCUT2D eigenvalue weighted by Crippen LogP contribution is -2.59. The van der Waals surface area contributed by atoms with Gasteiger partial charge in [-0.2, -0.15) is 0 Å². The molecule has 3 rings (SSSR count). The van der Waals surface area contributed by atoms with Crippen molar-refractivity contribution in [2.75, 3.05) is 6.54 Å². The third-order valence-corrected chi connectivity index (χ3v) is 5.47. The average molecular weight is 458 g/mol. The van der Waals surface area contributed by atoms with E-state index in [1.54, 1.807) is 12.1 Å². The Balaban J connectivity index is 2.29. The first-order valence-electron chi connectivity index (χ1n) is 9.15. The number of H-pyrrole nitrogens is 1. The number of nitrogens with one attached hydrogen (secondary N) is 2. The summed E-state index contributed by atoms with van der Waals surface area (Å²) in [6.45, 7) is 7.40. The number of aromatic hydroxyl groups is 1. The zero-order valence-electron chi connectivity index (χ0n) is 16.3. The second-order valence-electron chi connectivity index (χ2n) is 6.66. The highest BCUT2D eigenvalue weighted by Crippen LogP contribution is 2.37. The van der Waals surface area contributed by atoms with Gasteiger partial charge in [0.1, 0.15) is 5.92 Å². The van der Waals surface area contributed by atoms with Crippen molar-refractivity contribution in [1.29, 1.82) is 0 Å². The van der Waals surface area contributed by atoms with E-state index in [1.165, 1.54) is 34.0 Å². The molecule has 0 spiro atoms. The van der Waals surface area contributed by atoms with Crippen molar-refractivity contribution in [2.24, 2.45) is 5.92 Å². The van der Waals surface area contributed by atoms with E-state index < -0.39 is 35.1 Å². The maximum atomic E-state index is 13.3. The van der Waals surface area contributed by atoms with E-state index >= 15 is 0 Å². The number of pyridine rings is 1. The van der Waals surface area contributed by atoms with Gasteiger partial charge in [-0.15, -0.1) is 13.2 Å². The summed E-state index contributed by atoms with van der Waals surface area (Å²) >= 11 is 10.2. The van der Waals surface area contributed by atoms with Crippen molar-refractivity contribution < 1.29 is 14.7 Å². The summed E-state index contributed by atoms with van der Waals surface area (Å²) < 4.78 is 1.23. The van der Waals surface area contributed by atoms with Gasteiger partial charge in [-0.3, -0.25) is 33.8 Å². The van der Waals surface area contributed by atoms with Gasteiger partial charge in [0.25, 0.3) is 5.56 Å². The molecule has 9 nitrogen and oxygen atoms in total. The van der Waals surface area contributed by atoms with Gasteiger partial charge in [0, 0.05) is 31.4 Å². The van der Waals surface area contributed by atoms with Crippen molar-refractivity contribution >= 4 is 41.4 Å². The third kappa shape index (κ3) is 4.09. The number of hydrogen-bond acceptors (Lipinski definition) is 7. The standard InChI is InChI=1S/C20H19N5O4S2/c1-3-9-24-17(28)13(15(26)22-19(24)30)12(11-5-7-21-8-6-11)14-16(27)23-20(31)25(10-4-2)18(14)29/h3-8,12-13,29H,1-2,9-10H2,(H,22,26,30)(H,23,27,31)/t12-,13+/m1/s1. The third-order valence-electron chi connectivity index (χ3n) is 4.83. The number of allylic oxidation sites excluding steroid dienone is 1. The minimum atomic E-state index is -1.38. The predicted molar refractivity (Wildman–Crippen MR) is 120 cm³/mol. The Morgan fingerprint density at radius 1 is 1.16 bits per heavy atom. The molecule has 3 heterocycles. The SMILES string of the molecule is C=CCN1C(=O)[C@@H]([C@@H](c2ccncc2)c2c(O)n(CC=C)c(=S)[nH]c2=O)C(=O)NC1=S. The monoisotopic (exact) mass is 457 g/mol. The molecule has 160 valence electrons. The Morgan fingerprint density at radius 3 is 2.42 bits per heavy atom. The molecule has 1 aliphatic rings. The van der Waals surface area contributed by atoms with Crippen LogP contribution >= 0.6 is 24.4 Å². The second-order valence-corrected chi connectivity index (χ2v) is 7.44. The molecule has 0 aromatic carbocycles. The maximum Gasteiger partial charge on any atom is 0.259 e. The Morgan fingerprint density at radius 2 is 1.81 bits per heavy atom. The van der Waals surface area contributed by atoms with Crippen molar-refractivity contribution in [3.63, 3.8) is 0 Å². The van der Waals surface area contributed by atoms with Gasteiger partial charge in [-0.25, -0.2) is 0 Å². The van der Waals surface area contributed by atoms with Crippen LogP contribution in [0.1, 0.15) is 17.0 Å². The molecule has 0 saturated carbocycles. The zero-order valence-corrected chi connectivity index (χ0v) is 17.9. The maximum absolute atomic E-state index is 13.3. The van der Waals surface area contributed by atoms with Crippen molar-refractivity contribution in [3.8, 4) is 5.88 Å². The van der Waals surface area contributed by atoms with Gasteiger partial charge in [0.05, 0.1) is 5.56 Å². The van der Waals surface area contributed by atoms with Gasteiger partial charge in [0.2, 0.25) is 17.7 Å². The number of aromatic amines is 1. The van der Waals surface area contributed by atoms with Crippen molar-refractivity contribution in [1.82, 2.24) is 24.8 Å². The van der Waals surface area contributed by atoms with E-state index in [9.17, 15) is 19.5 Å². The molecule has 2 aromatic heterocycles. The molecule has 3 N–H and O–H groups in total. The first-order valence-corrected chi connectivity index (χ1v) is 9.97. The molecule has 31 heavy (non-hydrogen) atoms. The smallest absolute Gasteiger partial charge is 0.259 e. The fourth-order valence-electron chi connectivity index (χ4n) is 3.48. The minimum Gasteiger partial charge on any atom is -0.494 e. The van der Waals surface area contributed by atoms with Crippen LogP contribution in [0.3, 0.4) is 0 Å². The number of carbonyl (C=O) groups excluding carboxylic acids is 2. The topological polar surface area (TPSA) is 120 Å². The summed E-state index contributed by atoms with van der Waals surface area (Å²) in [6, 6.07) is 3.13. The highest BCUT2D eigenvalue weighted by Gasteiger charge is 2.46. The summed E-state index contributed by atoms with van der Waals surface area (Å²) in [7, 11) is 0. The number of aromatic nitrogens is 3. The number of amides is 2. The molecule has 0 aliphatic carbocycles. The van der Waals surface area contributed by atoms with E-state index in [4.69, 9.17) is 24.4 Å². The van der Waals surface area contributed by atoms with E-state index in [-0.39, 0.29) is 28.5 Å². The summed E-state index contributed by atoms with van der Waals surface area (Å²) in [5.41, 5.74) is -0.465. The quantitative estimate of drug-likeness (QED) is 0.326. The molecule has 0 radical (unpaired) electrons. The van der Waals surface area contributed by atoms with Gasteiger partial charge < -0.3 is 10.4 Å². The number of rotatable bonds is 7. The fraction of sp³-hybridized carbons (Fsp3) is 0.200. The highest BCUT2D eigenvalue weighted by atomic mass is 32.1. The van der Waals surface area contributed by atoms with Crippen molar-refractivity contribution in [2.45, 2.75) is 12.5 Å². The van der Waals surface area contributed by atoms with Crippen LogP contribution in [-0.2, 0) is 16.1 Å². The second kappa shape index (κ2) is 9.14. The van der Waals surface area contributed by atoms with Crippen LogP contribution in [0, 0.1) is 10.7 Å². The lowest BCUT2D eigenvalue weighted by Gasteiger charge is -2.35. The van der Waals surface area contributed by atoms with E-state index in [0.717, 1.165) is 0 Å². The lowest BCUT2D eigenvalue weighted by atomic mass is 9.79. The number of nitrogens with zero attached hydrogens (tertiary/aromatic N) is 3. The molecule has 1 aliphatic heterocycles. The van der Waals surface area contributed by atoms with Crippen LogP contribution in [0.25, 0.3) is 0 Å². The van der Waals surface area contributed by atoms with Gasteiger partial charge >= 0.3 is 0 Å². The Kier molecular flexibility index (Phi) is 6.56. The molecule has 2 atom stereocenters. The highest BCUT2D eigenvalue weighted by molar-refractivity contribution is 7.80. The van der Waals surface area contributed by atoms with E-state index in [1.807, 2.05) is 0 Å². The van der Waals surface area contributed by atoms with Gasteiger partial charge in [-0.1, -0.05) is 12.2 Å². The van der Waals surface area contributed by atoms with Crippen molar-refractivity contribution in [3.05, 3.63) is 76.1 Å². The summed E-state index contributed by atoms with van der Waals surface area (Å²) in [5.74, 6) is -4.28. The zero-order chi connectivity index (χ0) is 22.7. The number of thiocarbonyl (C=S) groups is 1. The molecule has 0 bridgehead atoms. The van der Waals surface area contributed by atoms with Crippen LogP contribution in [0.15, 0.2) is 54.6 Å². The lowest BCUT2D eigenvalue weighted by molar-refractivity contribution is -0.141. The predicted octanol–water partition coefficient (Wildman–Crippen LogP) is 1.37. The fourth-order valence-corrected chi connectivity index (χ4v) is 4.00. The molecular weight excluding hydrogens is 438 g/mol. The Labute approximate surface area is 187 Å². The van der Waals surface area contributed by atoms with Crippen LogP contribution < -0.4 is 10.9 Å². The van der Waals surface area contributed by atoms with E-state index in [2.05, 4.69) is 28.4 Å². The number of carbonyl (C=O) groups is 2. The van der Waals surface area contributed by atoms with Gasteiger partial charge in [0.15, 0.2) is 9.88 Å². The Bertz CT molecular complexity index is 1190. The van der Waals surface area contributed by atoms with Gasteiger partial charge in [-0.05, 0) is 42.1 Å². The Hall–Kier alpha value is -3.44. The first kappa shape index (κ1) is 22.2. The molecular formula is C20H19N5O4S2. The summed E-state index contributed by atoms with van der Waals surface area (Å²) in [4.78, 5) is 46.8. The largest absolute Gasteiger partial charge is 0.494 e. The van der Waals surface area contributed by atoms with Crippen LogP contribution in [0.5, 0.6) is 5.88 Å². The first-order chi connectivity index (χ1) is 14.8. The summed E-state index contributed by atoms with van der Waals surface area (Å²) in [5, 5.41) is 13.4. The minimum absolute atomic E-state index is 0.0199. The molecule has 1 saturated heterocycles. The summed E-state index contributed by atoms with van der Waals surface area (Å²) in [6.07, 6.45) is 5.88. The van der Waals surface area contributed by atoms with E-state index in [0.29, 0.717) is 5.56 Å². The molecule has 2 aromatic rings. The molecule has 1 fully saturated rings. The van der Waals surface area contributed by atoms with Crippen LogP contribution in [0.2, 0.25) is 0 Å². The molecule has 11 heteroatoms. The number of hydrogen-bond donors (Lipinski definition) is 3. The molecule has 0 unspecified atom stereocenters. The van der Waals surface area contributed by atoms with Crippen LogP contribution in [0.4, 0.5) is 0 Å². The van der Waals surface area contributed by atoms with Crippen LogP contribution in [-0.4, -0.2) is 48.0 Å². The molecule has 2 amide bonds. The normalized spacial score (nSPS) is 17.2. The average Bonchev–Trinajstić information content (AvgIpc) is 2.73.